The Bertz CT molecular complexity index is 741. The molecular weight excluding hydrogens is 430 g/mol. The number of hydrogen-bond donors (Lipinski definition) is 3. The molecule has 9 heteroatoms. The molecule has 0 spiro atoms. The van der Waals surface area contributed by atoms with Crippen LogP contribution in [0.5, 0.6) is 0 Å². The number of unbranched alkanes of at least 4 members (excludes halogenated alkanes) is 2. The fourth-order valence-electron chi connectivity index (χ4n) is 2.77. The molecule has 0 bridgehead atoms. The molecule has 0 aromatic carbocycles. The van der Waals surface area contributed by atoms with Gasteiger partial charge in [0, 0.05) is 29.5 Å². The van der Waals surface area contributed by atoms with Crippen LogP contribution in [0.1, 0.15) is 69.0 Å². The first-order valence-corrected chi connectivity index (χ1v) is 12.9. The SMILES string of the molecule is C#CC(C)(C)NC(=C[N+](=O)[O-])NCCSCc1nc(CNCCCCC)sc1CCC. The number of rotatable bonds is 17. The molecule has 0 fully saturated rings. The molecule has 174 valence electrons. The van der Waals surface area contributed by atoms with E-state index in [1.54, 1.807) is 25.6 Å². The Balaban J connectivity index is 2.50. The summed E-state index contributed by atoms with van der Waals surface area (Å²) in [7, 11) is 0. The van der Waals surface area contributed by atoms with Gasteiger partial charge in [-0.05, 0) is 33.2 Å². The first-order valence-electron chi connectivity index (χ1n) is 10.9. The number of nitro groups is 1. The summed E-state index contributed by atoms with van der Waals surface area (Å²) in [4.78, 5) is 16.6. The minimum absolute atomic E-state index is 0.324. The van der Waals surface area contributed by atoms with Gasteiger partial charge in [0.1, 0.15) is 5.01 Å². The second-order valence-electron chi connectivity index (χ2n) is 7.81. The summed E-state index contributed by atoms with van der Waals surface area (Å²) in [6.45, 7) is 10.5. The molecule has 1 rings (SSSR count). The van der Waals surface area contributed by atoms with Crippen molar-refractivity contribution in [3.63, 3.8) is 0 Å². The predicted molar refractivity (Wildman–Crippen MR) is 133 cm³/mol. The zero-order valence-electron chi connectivity index (χ0n) is 19.3. The van der Waals surface area contributed by atoms with E-state index in [0.29, 0.717) is 12.4 Å². The molecule has 0 saturated heterocycles. The van der Waals surface area contributed by atoms with Crippen LogP contribution in [0, 0.1) is 22.5 Å². The van der Waals surface area contributed by atoms with E-state index >= 15 is 0 Å². The van der Waals surface area contributed by atoms with Gasteiger partial charge in [0.2, 0.25) is 0 Å². The lowest BCUT2D eigenvalue weighted by molar-refractivity contribution is -0.404. The molecule has 0 amide bonds. The van der Waals surface area contributed by atoms with Crippen molar-refractivity contribution in [1.29, 1.82) is 0 Å². The van der Waals surface area contributed by atoms with Crippen LogP contribution in [0.4, 0.5) is 0 Å². The van der Waals surface area contributed by atoms with Gasteiger partial charge in [-0.1, -0.05) is 39.0 Å². The number of aryl methyl sites for hydroxylation is 1. The number of thiazole rings is 1. The van der Waals surface area contributed by atoms with E-state index in [0.717, 1.165) is 48.6 Å². The van der Waals surface area contributed by atoms with Gasteiger partial charge in [-0.2, -0.15) is 11.8 Å². The van der Waals surface area contributed by atoms with Gasteiger partial charge in [-0.15, -0.1) is 17.8 Å². The van der Waals surface area contributed by atoms with Crippen LogP contribution in [0.25, 0.3) is 0 Å². The summed E-state index contributed by atoms with van der Waals surface area (Å²) in [6.07, 6.45) is 12.3. The Morgan fingerprint density at radius 1 is 1.32 bits per heavy atom. The molecule has 0 radical (unpaired) electrons. The quantitative estimate of drug-likeness (QED) is 0.136. The average molecular weight is 468 g/mol. The highest BCUT2D eigenvalue weighted by molar-refractivity contribution is 7.98. The standard InChI is InChI=1S/C22H37N5O2S2/c1-6-9-10-12-23-15-21-25-18(19(31-21)11-7-2)17-30-14-13-24-20(16-27(28)29)26-22(4,5)8-3/h3,16,23-24,26H,6-7,9-15,17H2,1-2,4-5H3. The second kappa shape index (κ2) is 15.1. The maximum atomic E-state index is 10.9. The number of thioether (sulfide) groups is 1. The lowest BCUT2D eigenvalue weighted by Crippen LogP contribution is -2.42. The summed E-state index contributed by atoms with van der Waals surface area (Å²) in [5, 5.41) is 21.6. The molecule has 1 aromatic rings. The van der Waals surface area contributed by atoms with Crippen LogP contribution in [-0.2, 0) is 18.7 Å². The second-order valence-corrected chi connectivity index (χ2v) is 10.1. The van der Waals surface area contributed by atoms with E-state index in [-0.39, 0.29) is 0 Å². The fourth-order valence-corrected chi connectivity index (χ4v) is 4.84. The summed E-state index contributed by atoms with van der Waals surface area (Å²) < 4.78 is 0. The van der Waals surface area contributed by atoms with Crippen molar-refractivity contribution in [2.24, 2.45) is 0 Å². The minimum atomic E-state index is -0.668. The van der Waals surface area contributed by atoms with E-state index in [2.05, 4.69) is 35.7 Å². The molecule has 1 aromatic heterocycles. The molecular formula is C22H37N5O2S2. The van der Waals surface area contributed by atoms with Crippen LogP contribution >= 0.6 is 23.1 Å². The molecule has 0 unspecified atom stereocenters. The van der Waals surface area contributed by atoms with E-state index in [9.17, 15) is 10.1 Å². The highest BCUT2D eigenvalue weighted by Crippen LogP contribution is 2.24. The zero-order valence-corrected chi connectivity index (χ0v) is 20.9. The average Bonchev–Trinajstić information content (AvgIpc) is 3.08. The minimum Gasteiger partial charge on any atom is -0.366 e. The molecule has 1 heterocycles. The fraction of sp³-hybridized carbons (Fsp3) is 0.682. The third-order valence-electron chi connectivity index (χ3n) is 4.38. The largest absolute Gasteiger partial charge is 0.366 e. The smallest absolute Gasteiger partial charge is 0.274 e. The number of hydrogen-bond acceptors (Lipinski definition) is 8. The first-order chi connectivity index (χ1) is 14.8. The maximum absolute atomic E-state index is 10.9. The van der Waals surface area contributed by atoms with Crippen LogP contribution in [0.15, 0.2) is 12.0 Å². The Hall–Kier alpha value is -1.76. The van der Waals surface area contributed by atoms with Crippen molar-refractivity contribution in [2.45, 2.75) is 77.6 Å². The third kappa shape index (κ3) is 12.0. The summed E-state index contributed by atoms with van der Waals surface area (Å²) >= 11 is 3.59. The molecule has 7 nitrogen and oxygen atoms in total. The Morgan fingerprint density at radius 3 is 2.74 bits per heavy atom. The van der Waals surface area contributed by atoms with E-state index in [1.807, 2.05) is 11.3 Å². The number of terminal acetylenes is 1. The van der Waals surface area contributed by atoms with Crippen molar-refractivity contribution in [2.75, 3.05) is 18.8 Å². The normalized spacial score (nSPS) is 11.9. The summed E-state index contributed by atoms with van der Waals surface area (Å²) in [6, 6.07) is 0. The predicted octanol–water partition coefficient (Wildman–Crippen LogP) is 4.28. The van der Waals surface area contributed by atoms with E-state index < -0.39 is 10.5 Å². The Morgan fingerprint density at radius 2 is 2.10 bits per heavy atom. The number of aromatic nitrogens is 1. The molecule has 31 heavy (non-hydrogen) atoms. The Kier molecular flexibility index (Phi) is 13.3. The van der Waals surface area contributed by atoms with Gasteiger partial charge in [-0.3, -0.25) is 10.1 Å². The highest BCUT2D eigenvalue weighted by Gasteiger charge is 2.16. The van der Waals surface area contributed by atoms with Crippen molar-refractivity contribution in [3.8, 4) is 12.3 Å². The Labute approximate surface area is 195 Å². The first kappa shape index (κ1) is 27.3. The van der Waals surface area contributed by atoms with Gasteiger partial charge in [-0.25, -0.2) is 4.98 Å². The molecule has 3 N–H and O–H groups in total. The van der Waals surface area contributed by atoms with Crippen molar-refractivity contribution in [3.05, 3.63) is 37.7 Å². The highest BCUT2D eigenvalue weighted by atomic mass is 32.2. The van der Waals surface area contributed by atoms with Crippen LogP contribution in [0.3, 0.4) is 0 Å². The molecule has 0 atom stereocenters. The number of nitrogens with zero attached hydrogens (tertiary/aromatic N) is 2. The number of nitrogens with one attached hydrogen (secondary N) is 3. The topological polar surface area (TPSA) is 92.1 Å². The van der Waals surface area contributed by atoms with Crippen molar-refractivity contribution < 1.29 is 4.92 Å². The van der Waals surface area contributed by atoms with Gasteiger partial charge >= 0.3 is 0 Å². The van der Waals surface area contributed by atoms with E-state index in [1.165, 1.54) is 29.8 Å². The van der Waals surface area contributed by atoms with Crippen LogP contribution < -0.4 is 16.0 Å². The summed E-state index contributed by atoms with van der Waals surface area (Å²) in [5.41, 5.74) is 0.508. The van der Waals surface area contributed by atoms with Crippen LogP contribution in [-0.4, -0.2) is 34.3 Å². The van der Waals surface area contributed by atoms with Gasteiger partial charge < -0.3 is 16.0 Å². The molecule has 0 aliphatic heterocycles. The zero-order chi connectivity index (χ0) is 23.1. The monoisotopic (exact) mass is 467 g/mol. The van der Waals surface area contributed by atoms with Crippen molar-refractivity contribution in [1.82, 2.24) is 20.9 Å². The maximum Gasteiger partial charge on any atom is 0.274 e. The van der Waals surface area contributed by atoms with Crippen LogP contribution in [0.2, 0.25) is 0 Å². The molecule has 0 aliphatic rings. The van der Waals surface area contributed by atoms with Gasteiger partial charge in [0.15, 0.2) is 5.82 Å². The van der Waals surface area contributed by atoms with Gasteiger partial charge in [0.25, 0.3) is 6.20 Å². The van der Waals surface area contributed by atoms with E-state index in [4.69, 9.17) is 11.4 Å². The van der Waals surface area contributed by atoms with Gasteiger partial charge in [0.05, 0.1) is 16.2 Å². The lowest BCUT2D eigenvalue weighted by atomic mass is 10.1. The molecule has 0 saturated carbocycles. The third-order valence-corrected chi connectivity index (χ3v) is 6.50. The van der Waals surface area contributed by atoms with Crippen molar-refractivity contribution >= 4 is 23.1 Å². The summed E-state index contributed by atoms with van der Waals surface area (Å²) in [5.74, 6) is 4.56. The molecule has 0 aliphatic carbocycles. The lowest BCUT2D eigenvalue weighted by Gasteiger charge is -2.22.